The van der Waals surface area contributed by atoms with Gasteiger partial charge in [0.25, 0.3) is 5.91 Å². The second-order valence-electron chi connectivity index (χ2n) is 11.8. The van der Waals surface area contributed by atoms with Crippen molar-refractivity contribution in [1.29, 1.82) is 5.26 Å². The summed E-state index contributed by atoms with van der Waals surface area (Å²) in [5.41, 5.74) is -0.828. The normalized spacial score (nSPS) is 34.0. The summed E-state index contributed by atoms with van der Waals surface area (Å²) in [4.78, 5) is 54.1. The van der Waals surface area contributed by atoms with Crippen LogP contribution in [0.2, 0.25) is 0 Å². The predicted molar refractivity (Wildman–Crippen MR) is 130 cm³/mol. The molecule has 1 aliphatic carbocycles. The summed E-state index contributed by atoms with van der Waals surface area (Å²) in [7, 11) is 0. The fourth-order valence-corrected chi connectivity index (χ4v) is 6.75. The van der Waals surface area contributed by atoms with E-state index in [2.05, 4.69) is 31.7 Å². The Balaban J connectivity index is 1.41. The van der Waals surface area contributed by atoms with Gasteiger partial charge in [-0.2, -0.15) is 18.4 Å². The van der Waals surface area contributed by atoms with Gasteiger partial charge < -0.3 is 25.4 Å². The Morgan fingerprint density at radius 3 is 2.62 bits per heavy atom. The Hall–Kier alpha value is -3.63. The summed E-state index contributed by atoms with van der Waals surface area (Å²) < 4.78 is 43.1. The van der Waals surface area contributed by atoms with E-state index in [-0.39, 0.29) is 48.5 Å². The number of nitrogens with zero attached hydrogens (tertiary/aromatic N) is 3. The van der Waals surface area contributed by atoms with Gasteiger partial charge in [-0.1, -0.05) is 31.8 Å². The van der Waals surface area contributed by atoms with Gasteiger partial charge in [0, 0.05) is 25.1 Å². The topological polar surface area (TPSA) is 157 Å². The summed E-state index contributed by atoms with van der Waals surface area (Å²) in [5, 5.41) is 21.1. The molecule has 1 aromatic heterocycles. The van der Waals surface area contributed by atoms with Gasteiger partial charge in [-0.15, -0.1) is 0 Å². The molecule has 14 heteroatoms. The maximum Gasteiger partial charge on any atom is 0.452 e. The molecule has 3 aliphatic heterocycles. The van der Waals surface area contributed by atoms with Crippen molar-refractivity contribution in [2.75, 3.05) is 13.1 Å². The van der Waals surface area contributed by atoms with Crippen LogP contribution in [0.4, 0.5) is 13.2 Å². The van der Waals surface area contributed by atoms with Crippen LogP contribution >= 0.6 is 0 Å². The van der Waals surface area contributed by atoms with Crippen molar-refractivity contribution in [3.63, 3.8) is 0 Å². The van der Waals surface area contributed by atoms with Crippen molar-refractivity contribution >= 4 is 23.6 Å². The molecule has 0 radical (unpaired) electrons. The van der Waals surface area contributed by atoms with Gasteiger partial charge in [0.1, 0.15) is 18.1 Å². The maximum atomic E-state index is 13.8. The largest absolute Gasteiger partial charge is 0.452 e. The van der Waals surface area contributed by atoms with Gasteiger partial charge in [-0.3, -0.25) is 19.2 Å². The first kappa shape index (κ1) is 27.9. The molecule has 0 bridgehead atoms. The summed E-state index contributed by atoms with van der Waals surface area (Å²) in [5.74, 6) is -4.23. The van der Waals surface area contributed by atoms with Crippen LogP contribution in [-0.2, 0) is 20.6 Å². The molecule has 5 rings (SSSR count). The first-order chi connectivity index (χ1) is 18.8. The van der Waals surface area contributed by atoms with Crippen molar-refractivity contribution in [3.05, 3.63) is 17.5 Å². The zero-order chi connectivity index (χ0) is 29.0. The molecule has 4 aliphatic rings. The number of aromatic nitrogens is 1. The summed E-state index contributed by atoms with van der Waals surface area (Å²) in [6.45, 7) is 4.71. The number of hydrogen-bond acceptors (Lipinski definition) is 7. The third-order valence-electron chi connectivity index (χ3n) is 9.11. The third kappa shape index (κ3) is 5.01. The van der Waals surface area contributed by atoms with Crippen LogP contribution in [0.1, 0.15) is 62.2 Å². The first-order valence-electron chi connectivity index (χ1n) is 13.5. The van der Waals surface area contributed by atoms with Crippen molar-refractivity contribution in [2.24, 2.45) is 29.1 Å². The van der Waals surface area contributed by atoms with Crippen LogP contribution in [-0.4, -0.2) is 64.9 Å². The molecule has 216 valence electrons. The summed E-state index contributed by atoms with van der Waals surface area (Å²) in [6, 6.07) is -0.373. The van der Waals surface area contributed by atoms with E-state index in [9.17, 15) is 37.6 Å². The molecule has 0 aromatic carbocycles. The zero-order valence-electron chi connectivity index (χ0n) is 22.1. The number of halogens is 3. The molecule has 7 atom stereocenters. The van der Waals surface area contributed by atoms with E-state index in [1.807, 2.05) is 13.8 Å². The van der Waals surface area contributed by atoms with Crippen molar-refractivity contribution in [1.82, 2.24) is 26.0 Å². The maximum absolute atomic E-state index is 13.8. The van der Waals surface area contributed by atoms with Gasteiger partial charge in [0.15, 0.2) is 5.69 Å². The summed E-state index contributed by atoms with van der Waals surface area (Å²) in [6.07, 6.45) is -2.77. The molecule has 0 unspecified atom stereocenters. The van der Waals surface area contributed by atoms with Crippen molar-refractivity contribution in [2.45, 2.75) is 70.3 Å². The van der Waals surface area contributed by atoms with Crippen LogP contribution in [0.15, 0.2) is 10.6 Å². The number of amides is 4. The molecule has 4 amide bonds. The van der Waals surface area contributed by atoms with Crippen LogP contribution in [0.25, 0.3) is 0 Å². The fourth-order valence-electron chi connectivity index (χ4n) is 6.75. The van der Waals surface area contributed by atoms with Crippen LogP contribution in [0.3, 0.4) is 0 Å². The van der Waals surface area contributed by atoms with Crippen LogP contribution in [0, 0.1) is 40.4 Å². The van der Waals surface area contributed by atoms with E-state index in [0.29, 0.717) is 31.9 Å². The van der Waals surface area contributed by atoms with Crippen molar-refractivity contribution < 1.29 is 36.9 Å². The number of alkyl halides is 3. The number of carbonyl (C=O) groups excluding carboxylic acids is 4. The standard InChI is InChI=1S/C26H31F3N6O5/c1-25(2)15-11-35-20(19(15)25)23(38)32-13(9-30)7-14-12(10-31-21(14)36)5-3-4-6-16(24(35)39)33-22(37)17-8-18(40-34-17)26(27,28)29/h8,12-16,19-20H,3-7,10-11H2,1-2H3,(H,31,36)(H,32,38)(H,33,37)/t12-,13-,14-,15-,16-,19-,20-/m0/s1. The molecule has 0 spiro atoms. The molecule has 40 heavy (non-hydrogen) atoms. The molecular weight excluding hydrogens is 533 g/mol. The molecule has 11 nitrogen and oxygen atoms in total. The monoisotopic (exact) mass is 564 g/mol. The number of piperidine rings is 1. The molecule has 1 aromatic rings. The van der Waals surface area contributed by atoms with Crippen LogP contribution < -0.4 is 16.0 Å². The van der Waals surface area contributed by atoms with Gasteiger partial charge in [0.05, 0.1) is 6.07 Å². The SMILES string of the molecule is CC1(C)[C@@H]2[C@H]3C(=O)N[C@H](C#N)C[C@@H]4C(=O)NC[C@@H]4CCCC[C@H](NC(=O)c4cc(C(F)(F)F)on4)C(=O)N3C[C@@H]21. The van der Waals surface area contributed by atoms with E-state index in [1.165, 1.54) is 4.90 Å². The van der Waals surface area contributed by atoms with Gasteiger partial charge >= 0.3 is 6.18 Å². The number of nitrogens with one attached hydrogen (secondary N) is 3. The highest BCUT2D eigenvalue weighted by Crippen LogP contribution is 2.65. The lowest BCUT2D eigenvalue weighted by atomic mass is 9.85. The smallest absolute Gasteiger partial charge is 0.356 e. The summed E-state index contributed by atoms with van der Waals surface area (Å²) >= 11 is 0. The molecular formula is C26H31F3N6O5. The van der Waals surface area contributed by atoms with E-state index in [1.54, 1.807) is 0 Å². The van der Waals surface area contributed by atoms with E-state index >= 15 is 0 Å². The highest BCUT2D eigenvalue weighted by Gasteiger charge is 2.69. The second kappa shape index (κ2) is 10.1. The van der Waals surface area contributed by atoms with Crippen molar-refractivity contribution in [3.8, 4) is 6.07 Å². The van der Waals surface area contributed by atoms with E-state index < -0.39 is 59.4 Å². The van der Waals surface area contributed by atoms with Gasteiger partial charge in [-0.25, -0.2) is 0 Å². The average Bonchev–Trinajstić information content (AvgIpc) is 3.42. The Morgan fingerprint density at radius 2 is 1.95 bits per heavy atom. The highest BCUT2D eigenvalue weighted by atomic mass is 19.4. The third-order valence-corrected chi connectivity index (χ3v) is 9.11. The Kier molecular flexibility index (Phi) is 7.04. The fraction of sp³-hybridized carbons (Fsp3) is 0.692. The second-order valence-corrected chi connectivity index (χ2v) is 11.8. The first-order valence-corrected chi connectivity index (χ1v) is 13.5. The molecule has 4 fully saturated rings. The number of hydrogen-bond donors (Lipinski definition) is 3. The minimum atomic E-state index is -4.83. The van der Waals surface area contributed by atoms with Crippen LogP contribution in [0.5, 0.6) is 0 Å². The lowest BCUT2D eigenvalue weighted by Gasteiger charge is -2.34. The molecule has 3 N–H and O–H groups in total. The zero-order valence-corrected chi connectivity index (χ0v) is 22.1. The van der Waals surface area contributed by atoms with E-state index in [0.717, 1.165) is 0 Å². The number of nitriles is 1. The van der Waals surface area contributed by atoms with Gasteiger partial charge in [-0.05, 0) is 42.4 Å². The average molecular weight is 565 g/mol. The molecule has 3 saturated heterocycles. The molecule has 1 saturated carbocycles. The lowest BCUT2D eigenvalue weighted by Crippen LogP contribution is -2.57. The Labute approximate surface area is 228 Å². The minimum Gasteiger partial charge on any atom is -0.356 e. The lowest BCUT2D eigenvalue weighted by molar-refractivity contribution is -0.155. The number of fused-ring (bicyclic) bond motifs is 4. The van der Waals surface area contributed by atoms with E-state index in [4.69, 9.17) is 0 Å². The number of rotatable bonds is 2. The minimum absolute atomic E-state index is 0.0367. The molecule has 4 heterocycles. The Morgan fingerprint density at radius 1 is 1.23 bits per heavy atom. The number of carbonyl (C=O) groups is 4. The highest BCUT2D eigenvalue weighted by molar-refractivity contribution is 5.97. The van der Waals surface area contributed by atoms with Gasteiger partial charge in [0.2, 0.25) is 23.5 Å². The quantitative estimate of drug-likeness (QED) is 0.493. The Bertz CT molecular complexity index is 1260. The predicted octanol–water partition coefficient (Wildman–Crippen LogP) is 1.61.